The van der Waals surface area contributed by atoms with Crippen molar-refractivity contribution in [3.8, 4) is 6.07 Å². The third kappa shape index (κ3) is 4.12. The van der Waals surface area contributed by atoms with Crippen LogP contribution in [0.2, 0.25) is 0 Å². The molecule has 0 atom stereocenters. The second kappa shape index (κ2) is 6.63. The molecule has 0 saturated carbocycles. The molecule has 106 valence electrons. The van der Waals surface area contributed by atoms with Gasteiger partial charge in [-0.3, -0.25) is 9.59 Å². The molecular formula is C14H12N4O2S. The monoisotopic (exact) mass is 300 g/mol. The standard InChI is InChI=1S/C14H12N4O2S/c1-9-16-7-12(21-9)8-17-13(19)14(20)18-11-4-2-10(6-15)3-5-11/h2-5,7H,8H2,1H3,(H,17,19)(H,18,20). The highest BCUT2D eigenvalue weighted by Gasteiger charge is 2.13. The van der Waals surface area contributed by atoms with Crippen molar-refractivity contribution in [2.75, 3.05) is 5.32 Å². The van der Waals surface area contributed by atoms with Crippen LogP contribution in [-0.4, -0.2) is 16.8 Å². The van der Waals surface area contributed by atoms with E-state index < -0.39 is 11.8 Å². The van der Waals surface area contributed by atoms with Gasteiger partial charge in [-0.1, -0.05) is 0 Å². The Balaban J connectivity index is 1.87. The molecule has 0 saturated heterocycles. The Kier molecular flexibility index (Phi) is 4.64. The van der Waals surface area contributed by atoms with Crippen LogP contribution in [0.15, 0.2) is 30.5 Å². The molecule has 0 radical (unpaired) electrons. The number of benzene rings is 1. The molecule has 6 nitrogen and oxygen atoms in total. The molecule has 2 N–H and O–H groups in total. The summed E-state index contributed by atoms with van der Waals surface area (Å²) in [5.74, 6) is -1.47. The highest BCUT2D eigenvalue weighted by Crippen LogP contribution is 2.11. The number of aryl methyl sites for hydroxylation is 1. The molecule has 7 heteroatoms. The third-order valence-corrected chi connectivity index (χ3v) is 3.48. The maximum absolute atomic E-state index is 11.7. The lowest BCUT2D eigenvalue weighted by molar-refractivity contribution is -0.136. The highest BCUT2D eigenvalue weighted by molar-refractivity contribution is 7.11. The average Bonchev–Trinajstić information content (AvgIpc) is 2.91. The fourth-order valence-corrected chi connectivity index (χ4v) is 2.29. The van der Waals surface area contributed by atoms with E-state index in [0.717, 1.165) is 9.88 Å². The first-order valence-corrected chi connectivity index (χ1v) is 6.91. The lowest BCUT2D eigenvalue weighted by atomic mass is 10.2. The molecule has 0 aliphatic carbocycles. The predicted octanol–water partition coefficient (Wildman–Crippen LogP) is 1.58. The van der Waals surface area contributed by atoms with E-state index in [0.29, 0.717) is 11.3 Å². The summed E-state index contributed by atoms with van der Waals surface area (Å²) in [5.41, 5.74) is 0.945. The van der Waals surface area contributed by atoms with Crippen molar-refractivity contribution in [3.05, 3.63) is 45.9 Å². The summed E-state index contributed by atoms with van der Waals surface area (Å²) in [6.07, 6.45) is 1.67. The number of nitrogens with zero attached hydrogens (tertiary/aromatic N) is 2. The molecule has 0 fully saturated rings. The van der Waals surface area contributed by atoms with Crippen LogP contribution in [0.3, 0.4) is 0 Å². The van der Waals surface area contributed by atoms with Gasteiger partial charge in [0.15, 0.2) is 0 Å². The molecule has 0 unspecified atom stereocenters. The van der Waals surface area contributed by atoms with Gasteiger partial charge in [-0.25, -0.2) is 4.98 Å². The first kappa shape index (κ1) is 14.7. The summed E-state index contributed by atoms with van der Waals surface area (Å²) in [5, 5.41) is 14.6. The minimum Gasteiger partial charge on any atom is -0.343 e. The van der Waals surface area contributed by atoms with Crippen LogP contribution in [0.25, 0.3) is 0 Å². The number of rotatable bonds is 3. The fraction of sp³-hybridized carbons (Fsp3) is 0.143. The number of anilines is 1. The van der Waals surface area contributed by atoms with Crippen molar-refractivity contribution < 1.29 is 9.59 Å². The molecule has 2 amide bonds. The largest absolute Gasteiger partial charge is 0.343 e. The van der Waals surface area contributed by atoms with E-state index in [4.69, 9.17) is 5.26 Å². The van der Waals surface area contributed by atoms with Gasteiger partial charge < -0.3 is 10.6 Å². The summed E-state index contributed by atoms with van der Waals surface area (Å²) < 4.78 is 0. The number of carbonyl (C=O) groups excluding carboxylic acids is 2. The van der Waals surface area contributed by atoms with Gasteiger partial charge in [0.05, 0.1) is 23.2 Å². The normalized spacial score (nSPS) is 9.71. The Bertz CT molecular complexity index is 701. The zero-order valence-corrected chi connectivity index (χ0v) is 12.0. The zero-order chi connectivity index (χ0) is 15.2. The lowest BCUT2D eigenvalue weighted by Gasteiger charge is -2.05. The van der Waals surface area contributed by atoms with Crippen LogP contribution in [0.4, 0.5) is 5.69 Å². The summed E-state index contributed by atoms with van der Waals surface area (Å²) in [6.45, 7) is 2.14. The zero-order valence-electron chi connectivity index (χ0n) is 11.2. The molecule has 1 heterocycles. The Morgan fingerprint density at radius 1 is 1.29 bits per heavy atom. The molecule has 2 aromatic rings. The molecule has 1 aromatic carbocycles. The average molecular weight is 300 g/mol. The smallest absolute Gasteiger partial charge is 0.313 e. The van der Waals surface area contributed by atoms with Gasteiger partial charge in [0.2, 0.25) is 0 Å². The number of thiazole rings is 1. The number of carbonyl (C=O) groups is 2. The first-order chi connectivity index (χ1) is 10.1. The summed E-state index contributed by atoms with van der Waals surface area (Å²) in [4.78, 5) is 28.3. The second-order valence-electron chi connectivity index (χ2n) is 4.17. The molecule has 2 rings (SSSR count). The van der Waals surface area contributed by atoms with Crippen molar-refractivity contribution in [2.24, 2.45) is 0 Å². The highest BCUT2D eigenvalue weighted by atomic mass is 32.1. The minimum absolute atomic E-state index is 0.269. The van der Waals surface area contributed by atoms with Crippen molar-refractivity contribution in [1.82, 2.24) is 10.3 Å². The quantitative estimate of drug-likeness (QED) is 0.841. The van der Waals surface area contributed by atoms with Crippen molar-refractivity contribution in [1.29, 1.82) is 5.26 Å². The maximum Gasteiger partial charge on any atom is 0.313 e. The van der Waals surface area contributed by atoms with Crippen LogP contribution >= 0.6 is 11.3 Å². The van der Waals surface area contributed by atoms with E-state index in [1.807, 2.05) is 13.0 Å². The number of hydrogen-bond donors (Lipinski definition) is 2. The number of aromatic nitrogens is 1. The predicted molar refractivity (Wildman–Crippen MR) is 78.5 cm³/mol. The second-order valence-corrected chi connectivity index (χ2v) is 5.49. The third-order valence-electron chi connectivity index (χ3n) is 2.57. The molecule has 0 aliphatic rings. The topological polar surface area (TPSA) is 94.9 Å². The molecule has 1 aromatic heterocycles. The van der Waals surface area contributed by atoms with Crippen LogP contribution in [0.5, 0.6) is 0 Å². The van der Waals surface area contributed by atoms with Crippen LogP contribution in [-0.2, 0) is 16.1 Å². The Hall–Kier alpha value is -2.72. The Morgan fingerprint density at radius 3 is 2.57 bits per heavy atom. The molecular weight excluding hydrogens is 288 g/mol. The van der Waals surface area contributed by atoms with Crippen molar-refractivity contribution in [3.63, 3.8) is 0 Å². The maximum atomic E-state index is 11.7. The van der Waals surface area contributed by atoms with Crippen molar-refractivity contribution >= 4 is 28.8 Å². The minimum atomic E-state index is -0.749. The van der Waals surface area contributed by atoms with Gasteiger partial charge in [0.1, 0.15) is 0 Å². The number of nitriles is 1. The number of amides is 2. The van der Waals surface area contributed by atoms with E-state index in [1.165, 1.54) is 11.3 Å². The van der Waals surface area contributed by atoms with Gasteiger partial charge in [0, 0.05) is 16.8 Å². The van der Waals surface area contributed by atoms with E-state index in [9.17, 15) is 9.59 Å². The number of hydrogen-bond acceptors (Lipinski definition) is 5. The van der Waals surface area contributed by atoms with Crippen LogP contribution in [0, 0.1) is 18.3 Å². The van der Waals surface area contributed by atoms with Gasteiger partial charge in [0.25, 0.3) is 0 Å². The lowest BCUT2D eigenvalue weighted by Crippen LogP contribution is -2.34. The molecule has 0 spiro atoms. The van der Waals surface area contributed by atoms with Gasteiger partial charge in [-0.05, 0) is 31.2 Å². The van der Waals surface area contributed by atoms with Crippen molar-refractivity contribution in [2.45, 2.75) is 13.5 Å². The van der Waals surface area contributed by atoms with Gasteiger partial charge in [-0.15, -0.1) is 11.3 Å². The van der Waals surface area contributed by atoms with Gasteiger partial charge in [-0.2, -0.15) is 5.26 Å². The summed E-state index contributed by atoms with van der Waals surface area (Å²) in [6, 6.07) is 8.23. The van der Waals surface area contributed by atoms with E-state index in [2.05, 4.69) is 15.6 Å². The Labute approximate surface area is 125 Å². The molecule has 0 aliphatic heterocycles. The molecule has 21 heavy (non-hydrogen) atoms. The summed E-state index contributed by atoms with van der Waals surface area (Å²) in [7, 11) is 0. The Morgan fingerprint density at radius 2 is 2.00 bits per heavy atom. The fourth-order valence-electron chi connectivity index (χ4n) is 1.55. The van der Waals surface area contributed by atoms with E-state index in [-0.39, 0.29) is 6.54 Å². The van der Waals surface area contributed by atoms with Crippen LogP contribution in [0.1, 0.15) is 15.4 Å². The first-order valence-electron chi connectivity index (χ1n) is 6.09. The molecule has 0 bridgehead atoms. The SMILES string of the molecule is Cc1ncc(CNC(=O)C(=O)Nc2ccc(C#N)cc2)s1. The van der Waals surface area contributed by atoms with E-state index in [1.54, 1.807) is 30.5 Å². The van der Waals surface area contributed by atoms with Gasteiger partial charge >= 0.3 is 11.8 Å². The summed E-state index contributed by atoms with van der Waals surface area (Å²) >= 11 is 1.46. The van der Waals surface area contributed by atoms with E-state index >= 15 is 0 Å². The number of nitrogens with one attached hydrogen (secondary N) is 2. The van der Waals surface area contributed by atoms with Crippen LogP contribution < -0.4 is 10.6 Å².